The van der Waals surface area contributed by atoms with Gasteiger partial charge in [0.15, 0.2) is 15.9 Å². The molecule has 0 aliphatic rings. The Morgan fingerprint density at radius 2 is 2.00 bits per heavy atom. The third-order valence-electron chi connectivity index (χ3n) is 4.55. The van der Waals surface area contributed by atoms with Gasteiger partial charge in [-0.05, 0) is 31.5 Å². The van der Waals surface area contributed by atoms with E-state index in [4.69, 9.17) is 0 Å². The van der Waals surface area contributed by atoms with Gasteiger partial charge in [-0.15, -0.1) is 6.58 Å². The van der Waals surface area contributed by atoms with Crippen LogP contribution in [0.3, 0.4) is 0 Å². The molecule has 2 heterocycles. The summed E-state index contributed by atoms with van der Waals surface area (Å²) in [6.45, 7) is 9.94. The Kier molecular flexibility index (Phi) is 7.80. The van der Waals surface area contributed by atoms with Gasteiger partial charge in [0.1, 0.15) is 10.5 Å². The van der Waals surface area contributed by atoms with Gasteiger partial charge in [-0.25, -0.2) is 9.37 Å². The number of allylic oxidation sites excluding steroid dienone is 1. The molecule has 0 unspecified atom stereocenters. The lowest BCUT2D eigenvalue weighted by Crippen LogP contribution is -2.26. The van der Waals surface area contributed by atoms with Crippen LogP contribution in [0, 0.1) is 5.82 Å². The number of aromatic nitrogens is 3. The van der Waals surface area contributed by atoms with Crippen LogP contribution in [0.25, 0.3) is 10.3 Å². The van der Waals surface area contributed by atoms with Gasteiger partial charge >= 0.3 is 0 Å². The maximum Gasteiger partial charge on any atom is 0.274 e. The summed E-state index contributed by atoms with van der Waals surface area (Å²) in [6.07, 6.45) is 1.62. The summed E-state index contributed by atoms with van der Waals surface area (Å²) in [5.41, 5.74) is 1.01. The summed E-state index contributed by atoms with van der Waals surface area (Å²) in [4.78, 5) is 36.5. The van der Waals surface area contributed by atoms with Crippen LogP contribution in [0.1, 0.15) is 19.4 Å². The number of carbonyl (C=O) groups is 1. The summed E-state index contributed by atoms with van der Waals surface area (Å²) in [5, 5.41) is 3.97. The number of thiazole rings is 1. The van der Waals surface area contributed by atoms with Gasteiger partial charge in [0, 0.05) is 26.2 Å². The zero-order valence-corrected chi connectivity index (χ0v) is 19.1. The predicted octanol–water partition coefficient (Wildman–Crippen LogP) is 3.43. The molecule has 3 aromatic rings. The average molecular weight is 462 g/mol. The van der Waals surface area contributed by atoms with Gasteiger partial charge in [0.25, 0.3) is 5.56 Å². The van der Waals surface area contributed by atoms with Gasteiger partial charge in [-0.2, -0.15) is 4.98 Å². The van der Waals surface area contributed by atoms with Crippen LogP contribution in [0.2, 0.25) is 0 Å². The summed E-state index contributed by atoms with van der Waals surface area (Å²) in [7, 11) is 0. The summed E-state index contributed by atoms with van der Waals surface area (Å²) in [5.74, 6) is -0.446. The number of amides is 1. The van der Waals surface area contributed by atoms with E-state index in [9.17, 15) is 14.0 Å². The number of hydrogen-bond donors (Lipinski definition) is 1. The van der Waals surface area contributed by atoms with E-state index in [1.807, 2.05) is 13.8 Å². The molecular formula is C21H24FN5O2S2. The monoisotopic (exact) mass is 461 g/mol. The lowest BCUT2D eigenvalue weighted by Gasteiger charge is -2.15. The molecule has 0 atom stereocenters. The Bertz CT molecular complexity index is 1120. The molecular weight excluding hydrogens is 437 g/mol. The molecule has 3 rings (SSSR count). The maximum atomic E-state index is 13.0. The molecule has 0 fully saturated rings. The van der Waals surface area contributed by atoms with Crippen LogP contribution < -0.4 is 15.8 Å². The topological polar surface area (TPSA) is 80.1 Å². The molecule has 7 nitrogen and oxygen atoms in total. The van der Waals surface area contributed by atoms with E-state index >= 15 is 0 Å². The number of hydrogen-bond acceptors (Lipinski definition) is 7. The molecule has 0 saturated heterocycles. The number of anilines is 1. The highest BCUT2D eigenvalue weighted by Crippen LogP contribution is 2.27. The minimum atomic E-state index is -0.321. The largest absolute Gasteiger partial charge is 0.351 e. The zero-order valence-electron chi connectivity index (χ0n) is 17.4. The number of thioether (sulfide) groups is 1. The highest BCUT2D eigenvalue weighted by Gasteiger charge is 2.18. The van der Waals surface area contributed by atoms with E-state index in [0.717, 1.165) is 23.8 Å². The van der Waals surface area contributed by atoms with E-state index < -0.39 is 0 Å². The van der Waals surface area contributed by atoms with Crippen LogP contribution in [-0.2, 0) is 17.9 Å². The van der Waals surface area contributed by atoms with Gasteiger partial charge in [-0.3, -0.25) is 14.2 Å². The third kappa shape index (κ3) is 5.50. The number of nitrogens with zero attached hydrogens (tertiary/aromatic N) is 4. The fraction of sp³-hybridized carbons (Fsp3) is 0.333. The Labute approximate surface area is 188 Å². The van der Waals surface area contributed by atoms with Crippen molar-refractivity contribution in [2.75, 3.05) is 23.7 Å². The van der Waals surface area contributed by atoms with Crippen molar-refractivity contribution in [1.29, 1.82) is 0 Å². The zero-order chi connectivity index (χ0) is 22.4. The van der Waals surface area contributed by atoms with Gasteiger partial charge in [0.05, 0.1) is 5.75 Å². The second-order valence-electron chi connectivity index (χ2n) is 6.61. The highest BCUT2D eigenvalue weighted by molar-refractivity contribution is 7.99. The summed E-state index contributed by atoms with van der Waals surface area (Å²) >= 11 is 2.50. The van der Waals surface area contributed by atoms with Crippen molar-refractivity contribution < 1.29 is 9.18 Å². The Hall–Kier alpha value is -2.72. The summed E-state index contributed by atoms with van der Waals surface area (Å²) in [6, 6.07) is 5.94. The normalized spacial score (nSPS) is 10.9. The number of fused-ring (bicyclic) bond motifs is 1. The molecule has 0 bridgehead atoms. The highest BCUT2D eigenvalue weighted by atomic mass is 32.2. The second kappa shape index (κ2) is 10.5. The molecule has 0 saturated carbocycles. The summed E-state index contributed by atoms with van der Waals surface area (Å²) < 4.78 is 15.0. The SMILES string of the molecule is C=CCn1c(SCC(=O)NCc2ccc(F)cc2)nc2nc(N(CC)CC)sc2c1=O. The smallest absolute Gasteiger partial charge is 0.274 e. The lowest BCUT2D eigenvalue weighted by molar-refractivity contribution is -0.118. The molecule has 1 aromatic carbocycles. The van der Waals surface area contributed by atoms with Crippen molar-refractivity contribution in [3.8, 4) is 0 Å². The number of rotatable bonds is 10. The average Bonchev–Trinajstić information content (AvgIpc) is 3.19. The fourth-order valence-electron chi connectivity index (χ4n) is 2.89. The molecule has 1 N–H and O–H groups in total. The van der Waals surface area contributed by atoms with Gasteiger partial charge in [0.2, 0.25) is 5.91 Å². The molecule has 31 heavy (non-hydrogen) atoms. The Balaban J connectivity index is 1.77. The van der Waals surface area contributed by atoms with Gasteiger partial charge in [-0.1, -0.05) is 41.3 Å². The van der Waals surface area contributed by atoms with Crippen LogP contribution in [0.5, 0.6) is 0 Å². The Morgan fingerprint density at radius 1 is 1.29 bits per heavy atom. The van der Waals surface area contributed by atoms with Crippen molar-refractivity contribution in [2.45, 2.75) is 32.1 Å². The van der Waals surface area contributed by atoms with Crippen molar-refractivity contribution >= 4 is 44.5 Å². The Morgan fingerprint density at radius 3 is 2.65 bits per heavy atom. The van der Waals surface area contributed by atoms with Crippen LogP contribution in [-0.4, -0.2) is 39.3 Å². The molecule has 2 aromatic heterocycles. The number of benzene rings is 1. The van der Waals surface area contributed by atoms with E-state index in [0.29, 0.717) is 28.6 Å². The molecule has 10 heteroatoms. The van der Waals surface area contributed by atoms with Crippen LogP contribution in [0.4, 0.5) is 9.52 Å². The molecule has 164 valence electrons. The number of halogens is 1. The fourth-order valence-corrected chi connectivity index (χ4v) is 4.80. The van der Waals surface area contributed by atoms with E-state index in [1.54, 1.807) is 18.2 Å². The van der Waals surface area contributed by atoms with Gasteiger partial charge < -0.3 is 10.2 Å². The van der Waals surface area contributed by atoms with E-state index in [2.05, 4.69) is 26.8 Å². The molecule has 0 radical (unpaired) electrons. The number of nitrogens with one attached hydrogen (secondary N) is 1. The molecule has 0 aliphatic carbocycles. The van der Waals surface area contributed by atoms with Crippen LogP contribution in [0.15, 0.2) is 46.9 Å². The van der Waals surface area contributed by atoms with Crippen LogP contribution >= 0.6 is 23.1 Å². The first kappa shape index (κ1) is 23.0. The van der Waals surface area contributed by atoms with Crippen molar-refractivity contribution in [3.63, 3.8) is 0 Å². The molecule has 0 aliphatic heterocycles. The molecule has 0 spiro atoms. The minimum absolute atomic E-state index is 0.0866. The quantitative estimate of drug-likeness (QED) is 0.283. The third-order valence-corrected chi connectivity index (χ3v) is 6.62. The van der Waals surface area contributed by atoms with Crippen molar-refractivity contribution in [2.24, 2.45) is 0 Å². The molecule has 1 amide bonds. The lowest BCUT2D eigenvalue weighted by atomic mass is 10.2. The van der Waals surface area contributed by atoms with Crippen molar-refractivity contribution in [1.82, 2.24) is 19.9 Å². The maximum absolute atomic E-state index is 13.0. The first-order valence-corrected chi connectivity index (χ1v) is 11.7. The minimum Gasteiger partial charge on any atom is -0.351 e. The van der Waals surface area contributed by atoms with E-state index in [1.165, 1.54) is 39.8 Å². The number of carbonyl (C=O) groups excluding carboxylic acids is 1. The predicted molar refractivity (Wildman–Crippen MR) is 124 cm³/mol. The first-order chi connectivity index (χ1) is 15.0. The second-order valence-corrected chi connectivity index (χ2v) is 8.53. The first-order valence-electron chi connectivity index (χ1n) is 9.87. The van der Waals surface area contributed by atoms with E-state index in [-0.39, 0.29) is 23.0 Å². The van der Waals surface area contributed by atoms with Crippen molar-refractivity contribution in [3.05, 3.63) is 58.7 Å². The standard InChI is InChI=1S/C21H24FN5O2S2/c1-4-11-27-19(29)17-18(24-20(31-17)26(5-2)6-3)25-21(27)30-13-16(28)23-12-14-7-9-15(22)10-8-14/h4,7-10H,1,5-6,11-13H2,2-3H3,(H,23,28).